The van der Waals surface area contributed by atoms with Crippen LogP contribution >= 0.6 is 0 Å². The third kappa shape index (κ3) is 5.92. The second-order valence-electron chi connectivity index (χ2n) is 13.4. The summed E-state index contributed by atoms with van der Waals surface area (Å²) in [7, 11) is 3.23. The number of aliphatic hydroxyl groups is 1. The molecule has 3 fully saturated rings. The van der Waals surface area contributed by atoms with Crippen molar-refractivity contribution in [1.82, 2.24) is 14.4 Å². The summed E-state index contributed by atoms with van der Waals surface area (Å²) < 4.78 is 16.2. The fourth-order valence-electron chi connectivity index (χ4n) is 7.91. The van der Waals surface area contributed by atoms with Gasteiger partial charge in [-0.05, 0) is 37.7 Å². The average molecular weight is 580 g/mol. The number of pyridine rings is 1. The molecule has 8 heteroatoms. The van der Waals surface area contributed by atoms with Crippen LogP contribution in [0.4, 0.5) is 4.39 Å². The Morgan fingerprint density at radius 3 is 2.40 bits per heavy atom. The molecule has 42 heavy (non-hydrogen) atoms. The molecular formula is C34H46FN3O4. The first-order chi connectivity index (χ1) is 20.0. The van der Waals surface area contributed by atoms with Crippen LogP contribution in [0.25, 0.3) is 11.1 Å². The largest absolute Gasteiger partial charge is 0.387 e. The quantitative estimate of drug-likeness (QED) is 0.471. The van der Waals surface area contributed by atoms with Crippen molar-refractivity contribution >= 4 is 11.8 Å². The lowest BCUT2D eigenvalue weighted by Crippen LogP contribution is -2.62. The molecule has 1 spiro atoms. The summed E-state index contributed by atoms with van der Waals surface area (Å²) in [4.78, 5) is 43.7. The predicted octanol–water partition coefficient (Wildman–Crippen LogP) is 5.49. The van der Waals surface area contributed by atoms with Crippen LogP contribution in [-0.2, 0) is 11.3 Å². The third-order valence-corrected chi connectivity index (χ3v) is 10.3. The van der Waals surface area contributed by atoms with E-state index in [1.807, 2.05) is 4.90 Å². The minimum atomic E-state index is -1.21. The minimum absolute atomic E-state index is 0.0246. The van der Waals surface area contributed by atoms with E-state index in [9.17, 15) is 23.9 Å². The predicted molar refractivity (Wildman–Crippen MR) is 162 cm³/mol. The first-order valence-electron chi connectivity index (χ1n) is 15.8. The molecule has 1 saturated heterocycles. The van der Waals surface area contributed by atoms with Gasteiger partial charge in [-0.1, -0.05) is 70.1 Å². The summed E-state index contributed by atoms with van der Waals surface area (Å²) in [5.41, 5.74) is -1.49. The molecule has 5 rings (SSSR count). The summed E-state index contributed by atoms with van der Waals surface area (Å²) in [6, 6.07) is 7.42. The molecule has 3 aliphatic rings. The molecule has 2 aliphatic carbocycles. The van der Waals surface area contributed by atoms with Crippen LogP contribution in [0.15, 0.2) is 41.3 Å². The van der Waals surface area contributed by atoms with E-state index in [1.54, 1.807) is 32.3 Å². The summed E-state index contributed by atoms with van der Waals surface area (Å²) in [6.07, 6.45) is 12.5. The number of benzene rings is 1. The maximum Gasteiger partial charge on any atom is 0.255 e. The van der Waals surface area contributed by atoms with Gasteiger partial charge < -0.3 is 19.5 Å². The highest BCUT2D eigenvalue weighted by Crippen LogP contribution is 2.52. The maximum atomic E-state index is 14.8. The van der Waals surface area contributed by atoms with Gasteiger partial charge in [-0.3, -0.25) is 14.4 Å². The normalized spacial score (nSPS) is 23.2. The van der Waals surface area contributed by atoms with Crippen LogP contribution < -0.4 is 5.56 Å². The Labute approximate surface area is 248 Å². The molecule has 1 aromatic carbocycles. The van der Waals surface area contributed by atoms with Crippen LogP contribution in [-0.4, -0.2) is 64.1 Å². The molecule has 2 saturated carbocycles. The average Bonchev–Trinajstić information content (AvgIpc) is 3.45. The summed E-state index contributed by atoms with van der Waals surface area (Å²) in [5, 5.41) is 12.3. The molecule has 228 valence electrons. The Hall–Kier alpha value is -3.00. The summed E-state index contributed by atoms with van der Waals surface area (Å²) in [6.45, 7) is 3.01. The van der Waals surface area contributed by atoms with Gasteiger partial charge in [0.25, 0.3) is 11.5 Å². The maximum absolute atomic E-state index is 14.8. The zero-order valence-electron chi connectivity index (χ0n) is 25.4. The Morgan fingerprint density at radius 1 is 1.05 bits per heavy atom. The van der Waals surface area contributed by atoms with Crippen molar-refractivity contribution in [1.29, 1.82) is 0 Å². The van der Waals surface area contributed by atoms with Crippen molar-refractivity contribution in [2.45, 2.75) is 89.7 Å². The standard InChI is InChI=1S/C34H46FN3O4/c1-24(19-25-11-5-4-6-12-25)31(40)37-18-17-34(42,33(22-37)15-9-10-16-33)23-38-21-28(32(41)36(2)3)27(20-30(38)39)26-13-7-8-14-29(26)35/h7-8,13-14,20-21,24-25,42H,4-6,9-12,15-19,22-23H2,1-3H3/t24-,34+/m1/s1. The Bertz CT molecular complexity index is 1360. The van der Waals surface area contributed by atoms with Crippen molar-refractivity contribution in [3.05, 3.63) is 58.3 Å². The van der Waals surface area contributed by atoms with Gasteiger partial charge in [0.15, 0.2) is 0 Å². The highest BCUT2D eigenvalue weighted by atomic mass is 19.1. The number of rotatable bonds is 7. The molecule has 1 aliphatic heterocycles. The van der Waals surface area contributed by atoms with Crippen molar-refractivity contribution in [3.63, 3.8) is 0 Å². The molecule has 1 aromatic heterocycles. The van der Waals surface area contributed by atoms with Gasteiger partial charge in [0.05, 0.1) is 17.7 Å². The van der Waals surface area contributed by atoms with E-state index in [0.717, 1.165) is 32.1 Å². The van der Waals surface area contributed by atoms with Gasteiger partial charge >= 0.3 is 0 Å². The van der Waals surface area contributed by atoms with E-state index >= 15 is 0 Å². The lowest BCUT2D eigenvalue weighted by molar-refractivity contribution is -0.163. The van der Waals surface area contributed by atoms with E-state index in [0.29, 0.717) is 25.4 Å². The second-order valence-corrected chi connectivity index (χ2v) is 13.4. The number of halogens is 1. The summed E-state index contributed by atoms with van der Waals surface area (Å²) >= 11 is 0. The first-order valence-corrected chi connectivity index (χ1v) is 15.8. The molecule has 0 unspecified atom stereocenters. The topological polar surface area (TPSA) is 82.8 Å². The van der Waals surface area contributed by atoms with E-state index in [-0.39, 0.29) is 41.0 Å². The first kappa shape index (κ1) is 30.5. The molecule has 2 amide bonds. The number of hydrogen-bond donors (Lipinski definition) is 1. The van der Waals surface area contributed by atoms with Gasteiger partial charge in [0.1, 0.15) is 5.82 Å². The number of likely N-dealkylation sites (tertiary alicyclic amines) is 1. The lowest BCUT2D eigenvalue weighted by atomic mass is 9.65. The SMILES string of the molecule is C[C@H](CC1CCCCC1)C(=O)N1CC[C@](O)(Cn2cc(C(=O)N(C)C)c(-c3ccccc3F)cc2=O)C2(CCCC2)C1. The number of carbonyl (C=O) groups is 2. The van der Waals surface area contributed by atoms with E-state index in [2.05, 4.69) is 6.92 Å². The number of carbonyl (C=O) groups excluding carboxylic acids is 2. The fraction of sp³-hybridized carbons (Fsp3) is 0.618. The monoisotopic (exact) mass is 579 g/mol. The van der Waals surface area contributed by atoms with Gasteiger partial charge in [-0.25, -0.2) is 4.39 Å². The van der Waals surface area contributed by atoms with Crippen molar-refractivity contribution in [3.8, 4) is 11.1 Å². The zero-order valence-corrected chi connectivity index (χ0v) is 25.4. The van der Waals surface area contributed by atoms with Crippen LogP contribution in [0.3, 0.4) is 0 Å². The van der Waals surface area contributed by atoms with E-state index in [4.69, 9.17) is 0 Å². The highest BCUT2D eigenvalue weighted by molar-refractivity contribution is 6.00. The van der Waals surface area contributed by atoms with Gasteiger partial charge in [-0.2, -0.15) is 0 Å². The van der Waals surface area contributed by atoms with Crippen LogP contribution in [0.5, 0.6) is 0 Å². The Morgan fingerprint density at radius 2 is 1.74 bits per heavy atom. The van der Waals surface area contributed by atoms with Crippen molar-refractivity contribution < 1.29 is 19.1 Å². The molecule has 2 atom stereocenters. The molecule has 1 N–H and O–H groups in total. The van der Waals surface area contributed by atoms with Crippen LogP contribution in [0.1, 0.15) is 87.9 Å². The van der Waals surface area contributed by atoms with Gasteiger partial charge in [0, 0.05) is 61.9 Å². The number of hydrogen-bond acceptors (Lipinski definition) is 4. The number of piperidine rings is 1. The van der Waals surface area contributed by atoms with Crippen LogP contribution in [0.2, 0.25) is 0 Å². The lowest BCUT2D eigenvalue weighted by Gasteiger charge is -2.53. The van der Waals surface area contributed by atoms with Gasteiger partial charge in [0.2, 0.25) is 5.91 Å². The molecule has 2 aromatic rings. The van der Waals surface area contributed by atoms with Crippen molar-refractivity contribution in [2.24, 2.45) is 17.3 Å². The van der Waals surface area contributed by atoms with Crippen molar-refractivity contribution in [2.75, 3.05) is 27.2 Å². The molecule has 0 radical (unpaired) electrons. The Kier molecular flexibility index (Phi) is 8.93. The molecule has 0 bridgehead atoms. The van der Waals surface area contributed by atoms with E-state index in [1.165, 1.54) is 59.9 Å². The van der Waals surface area contributed by atoms with E-state index < -0.39 is 22.4 Å². The second kappa shape index (κ2) is 12.3. The molecule has 7 nitrogen and oxygen atoms in total. The molecular weight excluding hydrogens is 533 g/mol. The van der Waals surface area contributed by atoms with Gasteiger partial charge in [-0.15, -0.1) is 0 Å². The summed E-state index contributed by atoms with van der Waals surface area (Å²) in [5.74, 6) is -0.0964. The minimum Gasteiger partial charge on any atom is -0.387 e. The third-order valence-electron chi connectivity index (χ3n) is 10.3. The number of amides is 2. The highest BCUT2D eigenvalue weighted by Gasteiger charge is 2.55. The zero-order chi connectivity index (χ0) is 30.1. The number of nitrogens with zero attached hydrogens (tertiary/aromatic N) is 3. The number of aromatic nitrogens is 1. The smallest absolute Gasteiger partial charge is 0.255 e. The molecule has 2 heterocycles. The fourth-order valence-corrected chi connectivity index (χ4v) is 7.91. The Balaban J connectivity index is 1.42. The van der Waals surface area contributed by atoms with Crippen LogP contribution in [0, 0.1) is 23.1 Å².